The standard InChI is InChI=1S/C18H19N5O2/c1-25-17-11-23(10-14(17)16-9-20-22-21-16)18(24)7-12-6-13-4-2-3-5-15(13)19-8-12/h2-6,8-9,14,17H,7,10-11H2,1H3,(H,20,21,22)/t14-,17+/m0/s1. The fraction of sp³-hybridized carbons (Fsp3) is 0.333. The van der Waals surface area contributed by atoms with E-state index in [0.29, 0.717) is 19.5 Å². The van der Waals surface area contributed by atoms with Crippen molar-refractivity contribution in [3.63, 3.8) is 0 Å². The van der Waals surface area contributed by atoms with Crippen molar-refractivity contribution in [3.8, 4) is 0 Å². The molecular formula is C18H19N5O2. The van der Waals surface area contributed by atoms with Gasteiger partial charge in [0.05, 0.1) is 35.9 Å². The van der Waals surface area contributed by atoms with Crippen molar-refractivity contribution in [2.24, 2.45) is 0 Å². The summed E-state index contributed by atoms with van der Waals surface area (Å²) in [5.41, 5.74) is 2.68. The smallest absolute Gasteiger partial charge is 0.227 e. The van der Waals surface area contributed by atoms with Crippen LogP contribution in [0.15, 0.2) is 42.7 Å². The predicted molar refractivity (Wildman–Crippen MR) is 91.9 cm³/mol. The lowest BCUT2D eigenvalue weighted by Crippen LogP contribution is -2.31. The third-order valence-electron chi connectivity index (χ3n) is 4.74. The first-order chi connectivity index (χ1) is 12.2. The molecule has 1 aliphatic rings. The van der Waals surface area contributed by atoms with Crippen LogP contribution in [0, 0.1) is 0 Å². The highest BCUT2D eigenvalue weighted by atomic mass is 16.5. The van der Waals surface area contributed by atoms with Crippen LogP contribution in [-0.2, 0) is 16.0 Å². The molecule has 1 fully saturated rings. The van der Waals surface area contributed by atoms with Crippen LogP contribution in [0.25, 0.3) is 10.9 Å². The first-order valence-electron chi connectivity index (χ1n) is 8.24. The topological polar surface area (TPSA) is 84.0 Å². The minimum Gasteiger partial charge on any atom is -0.379 e. The number of rotatable bonds is 4. The highest BCUT2D eigenvalue weighted by molar-refractivity contribution is 5.83. The first-order valence-corrected chi connectivity index (χ1v) is 8.24. The maximum atomic E-state index is 12.7. The third-order valence-corrected chi connectivity index (χ3v) is 4.74. The summed E-state index contributed by atoms with van der Waals surface area (Å²) < 4.78 is 5.55. The van der Waals surface area contributed by atoms with E-state index >= 15 is 0 Å². The van der Waals surface area contributed by atoms with Crippen LogP contribution in [0.5, 0.6) is 0 Å². The van der Waals surface area contributed by atoms with E-state index in [1.165, 1.54) is 0 Å². The zero-order chi connectivity index (χ0) is 17.2. The molecule has 1 saturated heterocycles. The summed E-state index contributed by atoms with van der Waals surface area (Å²) >= 11 is 0. The lowest BCUT2D eigenvalue weighted by molar-refractivity contribution is -0.129. The Morgan fingerprint density at radius 2 is 2.20 bits per heavy atom. The van der Waals surface area contributed by atoms with Gasteiger partial charge < -0.3 is 9.64 Å². The molecule has 1 aromatic carbocycles. The molecule has 25 heavy (non-hydrogen) atoms. The number of amides is 1. The number of H-pyrrole nitrogens is 1. The van der Waals surface area contributed by atoms with Crippen LogP contribution in [0.2, 0.25) is 0 Å². The number of pyridine rings is 1. The van der Waals surface area contributed by atoms with Gasteiger partial charge in [-0.3, -0.25) is 9.78 Å². The zero-order valence-electron chi connectivity index (χ0n) is 13.9. The summed E-state index contributed by atoms with van der Waals surface area (Å²) in [6.07, 6.45) is 3.74. The number of hydrogen-bond acceptors (Lipinski definition) is 5. The SMILES string of the molecule is CO[C@@H]1CN(C(=O)Cc2cnc3ccccc3c2)C[C@H]1c1cn[nH]n1. The van der Waals surface area contributed by atoms with Gasteiger partial charge >= 0.3 is 0 Å². The molecule has 1 N–H and O–H groups in total. The van der Waals surface area contributed by atoms with E-state index in [0.717, 1.165) is 22.2 Å². The van der Waals surface area contributed by atoms with Gasteiger partial charge in [-0.25, -0.2) is 0 Å². The van der Waals surface area contributed by atoms with E-state index in [1.807, 2.05) is 35.2 Å². The molecule has 2 atom stereocenters. The molecule has 0 spiro atoms. The van der Waals surface area contributed by atoms with Crippen molar-refractivity contribution in [2.45, 2.75) is 18.4 Å². The number of methoxy groups -OCH3 is 1. The van der Waals surface area contributed by atoms with Crippen LogP contribution < -0.4 is 0 Å². The fourth-order valence-electron chi connectivity index (χ4n) is 3.39. The highest BCUT2D eigenvalue weighted by Gasteiger charge is 2.37. The molecule has 3 heterocycles. The van der Waals surface area contributed by atoms with Crippen molar-refractivity contribution in [1.29, 1.82) is 0 Å². The quantitative estimate of drug-likeness (QED) is 0.781. The Labute approximate surface area is 145 Å². The summed E-state index contributed by atoms with van der Waals surface area (Å²) in [6.45, 7) is 1.15. The van der Waals surface area contributed by atoms with Crippen LogP contribution in [-0.4, -0.2) is 57.5 Å². The number of carbonyl (C=O) groups excluding carboxylic acids is 1. The number of benzene rings is 1. The Kier molecular flexibility index (Phi) is 4.15. The summed E-state index contributed by atoms with van der Waals surface area (Å²) in [5, 5.41) is 11.7. The van der Waals surface area contributed by atoms with Crippen molar-refractivity contribution in [1.82, 2.24) is 25.3 Å². The largest absolute Gasteiger partial charge is 0.379 e. The number of aromatic nitrogens is 4. The number of nitrogens with zero attached hydrogens (tertiary/aromatic N) is 4. The molecule has 1 aliphatic heterocycles. The normalized spacial score (nSPS) is 20.3. The molecule has 0 aliphatic carbocycles. The minimum absolute atomic E-state index is 0.0439. The summed E-state index contributed by atoms with van der Waals surface area (Å²) in [7, 11) is 1.67. The Balaban J connectivity index is 1.49. The third kappa shape index (κ3) is 3.10. The molecule has 0 saturated carbocycles. The van der Waals surface area contributed by atoms with E-state index in [4.69, 9.17) is 4.74 Å². The van der Waals surface area contributed by atoms with Gasteiger partial charge in [0.2, 0.25) is 5.91 Å². The molecule has 2 aromatic heterocycles. The van der Waals surface area contributed by atoms with Gasteiger partial charge in [-0.1, -0.05) is 18.2 Å². The first kappa shape index (κ1) is 15.7. The Morgan fingerprint density at radius 1 is 1.32 bits per heavy atom. The maximum Gasteiger partial charge on any atom is 0.227 e. The van der Waals surface area contributed by atoms with Gasteiger partial charge in [0.1, 0.15) is 0 Å². The van der Waals surface area contributed by atoms with E-state index < -0.39 is 0 Å². The van der Waals surface area contributed by atoms with Crippen molar-refractivity contribution in [3.05, 3.63) is 54.0 Å². The van der Waals surface area contributed by atoms with E-state index in [-0.39, 0.29) is 17.9 Å². The second-order valence-corrected chi connectivity index (χ2v) is 6.29. The lowest BCUT2D eigenvalue weighted by Gasteiger charge is -2.16. The number of ether oxygens (including phenoxy) is 1. The van der Waals surface area contributed by atoms with Gasteiger partial charge in [-0.15, -0.1) is 0 Å². The Morgan fingerprint density at radius 3 is 3.00 bits per heavy atom. The van der Waals surface area contributed by atoms with E-state index in [1.54, 1.807) is 19.5 Å². The van der Waals surface area contributed by atoms with Crippen LogP contribution in [0.4, 0.5) is 0 Å². The van der Waals surface area contributed by atoms with Crippen LogP contribution in [0.3, 0.4) is 0 Å². The van der Waals surface area contributed by atoms with Gasteiger partial charge in [-0.05, 0) is 17.7 Å². The average molecular weight is 337 g/mol. The minimum atomic E-state index is -0.0659. The zero-order valence-corrected chi connectivity index (χ0v) is 13.9. The number of nitrogens with one attached hydrogen (secondary N) is 1. The Hall–Kier alpha value is -2.80. The second kappa shape index (κ2) is 6.60. The lowest BCUT2D eigenvalue weighted by atomic mass is 10.0. The van der Waals surface area contributed by atoms with E-state index in [9.17, 15) is 4.79 Å². The van der Waals surface area contributed by atoms with E-state index in [2.05, 4.69) is 20.4 Å². The summed E-state index contributed by atoms with van der Waals surface area (Å²) in [5.74, 6) is 0.118. The molecule has 7 heteroatoms. The highest BCUT2D eigenvalue weighted by Crippen LogP contribution is 2.28. The maximum absolute atomic E-state index is 12.7. The summed E-state index contributed by atoms with van der Waals surface area (Å²) in [4.78, 5) is 19.0. The number of hydrogen-bond donors (Lipinski definition) is 1. The molecule has 128 valence electrons. The molecule has 1 amide bonds. The molecule has 0 radical (unpaired) electrons. The van der Waals surface area contributed by atoms with Gasteiger partial charge in [0.15, 0.2) is 0 Å². The molecule has 0 unspecified atom stereocenters. The number of fused-ring (bicyclic) bond motifs is 1. The summed E-state index contributed by atoms with van der Waals surface area (Å²) in [6, 6.07) is 9.93. The molecule has 7 nitrogen and oxygen atoms in total. The molecule has 4 rings (SSSR count). The molecular weight excluding hydrogens is 318 g/mol. The number of likely N-dealkylation sites (tertiary alicyclic amines) is 1. The number of para-hydroxylation sites is 1. The number of aromatic amines is 1. The second-order valence-electron chi connectivity index (χ2n) is 6.29. The predicted octanol–water partition coefficient (Wildman–Crippen LogP) is 1.54. The Bertz CT molecular complexity index is 880. The van der Waals surface area contributed by atoms with Crippen LogP contribution >= 0.6 is 0 Å². The monoisotopic (exact) mass is 337 g/mol. The van der Waals surface area contributed by atoms with Gasteiger partial charge in [0, 0.05) is 31.8 Å². The number of carbonyl (C=O) groups is 1. The fourth-order valence-corrected chi connectivity index (χ4v) is 3.39. The van der Waals surface area contributed by atoms with Crippen LogP contribution in [0.1, 0.15) is 17.2 Å². The van der Waals surface area contributed by atoms with Crippen molar-refractivity contribution in [2.75, 3.05) is 20.2 Å². The van der Waals surface area contributed by atoms with Gasteiger partial charge in [0.25, 0.3) is 0 Å². The molecule has 0 bridgehead atoms. The average Bonchev–Trinajstić information content (AvgIpc) is 3.30. The van der Waals surface area contributed by atoms with Gasteiger partial charge in [-0.2, -0.15) is 15.4 Å². The van der Waals surface area contributed by atoms with Crippen molar-refractivity contribution < 1.29 is 9.53 Å². The molecule has 3 aromatic rings. The van der Waals surface area contributed by atoms with Crippen molar-refractivity contribution >= 4 is 16.8 Å².